The number of halogens is 1. The summed E-state index contributed by atoms with van der Waals surface area (Å²) < 4.78 is 8.04. The highest BCUT2D eigenvalue weighted by Gasteiger charge is 2.38. The van der Waals surface area contributed by atoms with Crippen LogP contribution >= 0.6 is 11.6 Å². The molecule has 1 aliphatic rings. The number of aliphatic hydroxyl groups is 1. The van der Waals surface area contributed by atoms with Crippen molar-refractivity contribution in [2.24, 2.45) is 0 Å². The Labute approximate surface area is 278 Å². The minimum Gasteiger partial charge on any atom is -0.395 e. The second-order valence-electron chi connectivity index (χ2n) is 11.9. The minimum atomic E-state index is -0.480. The number of carbonyl (C=O) groups is 1. The first kappa shape index (κ1) is 33.7. The van der Waals surface area contributed by atoms with Gasteiger partial charge in [0.2, 0.25) is 5.88 Å². The van der Waals surface area contributed by atoms with Crippen LogP contribution in [-0.4, -0.2) is 87.9 Å². The van der Waals surface area contributed by atoms with Crippen molar-refractivity contribution in [3.05, 3.63) is 119 Å². The molecule has 0 unspecified atom stereocenters. The third-order valence-corrected chi connectivity index (χ3v) is 9.51. The highest BCUT2D eigenvalue weighted by molar-refractivity contribution is 6.30. The van der Waals surface area contributed by atoms with Crippen LogP contribution < -0.4 is 4.74 Å². The maximum atomic E-state index is 13.6. The molecule has 9 heteroatoms. The number of amides is 1. The van der Waals surface area contributed by atoms with E-state index in [0.29, 0.717) is 37.1 Å². The Morgan fingerprint density at radius 2 is 1.48 bits per heavy atom. The smallest absolute Gasteiger partial charge is 0.395 e. The number of benzene rings is 3. The second kappa shape index (κ2) is 16.2. The standard InChI is InChI=1S/C37H46ClN5O3/c1-3-40(4-2)23-24-42(25-26-44)36(45)46-35-34(39-29-43(35)27-30-15-17-33(38)18-16-30)28-41-21-19-37(20-22-41,31-11-7-5-8-12-31)32-13-9-6-10-14-32/h5-18,29,44H,3-4,19-28H2,1-2H3. The van der Waals surface area contributed by atoms with Crippen LogP contribution in [0.1, 0.15) is 49.1 Å². The van der Waals surface area contributed by atoms with Gasteiger partial charge in [-0.15, -0.1) is 0 Å². The van der Waals surface area contributed by atoms with E-state index in [1.807, 2.05) is 28.8 Å². The van der Waals surface area contributed by atoms with Gasteiger partial charge in [-0.2, -0.15) is 0 Å². The lowest BCUT2D eigenvalue weighted by molar-refractivity contribution is 0.126. The summed E-state index contributed by atoms with van der Waals surface area (Å²) in [6.07, 6.45) is 3.21. The predicted octanol–water partition coefficient (Wildman–Crippen LogP) is 6.30. The number of hydrogen-bond donors (Lipinski definition) is 1. The summed E-state index contributed by atoms with van der Waals surface area (Å²) >= 11 is 6.14. The molecule has 1 N–H and O–H groups in total. The summed E-state index contributed by atoms with van der Waals surface area (Å²) in [5.41, 5.74) is 4.38. The quantitative estimate of drug-likeness (QED) is 0.174. The first-order valence-electron chi connectivity index (χ1n) is 16.4. The Kier molecular flexibility index (Phi) is 11.9. The van der Waals surface area contributed by atoms with Crippen molar-refractivity contribution in [1.29, 1.82) is 0 Å². The van der Waals surface area contributed by atoms with Gasteiger partial charge < -0.3 is 19.6 Å². The number of rotatable bonds is 14. The number of likely N-dealkylation sites (N-methyl/N-ethyl adjacent to an activating group) is 1. The lowest BCUT2D eigenvalue weighted by Gasteiger charge is -2.42. The summed E-state index contributed by atoms with van der Waals surface area (Å²) in [5, 5.41) is 10.4. The van der Waals surface area contributed by atoms with E-state index in [9.17, 15) is 9.90 Å². The Hall–Kier alpha value is -3.69. The predicted molar refractivity (Wildman–Crippen MR) is 183 cm³/mol. The van der Waals surface area contributed by atoms with E-state index in [2.05, 4.69) is 84.3 Å². The normalized spacial score (nSPS) is 14.8. The fourth-order valence-electron chi connectivity index (χ4n) is 6.47. The van der Waals surface area contributed by atoms with Gasteiger partial charge in [-0.05, 0) is 67.8 Å². The first-order chi connectivity index (χ1) is 22.5. The van der Waals surface area contributed by atoms with Crippen molar-refractivity contribution in [1.82, 2.24) is 24.3 Å². The Morgan fingerprint density at radius 3 is 2.04 bits per heavy atom. The summed E-state index contributed by atoms with van der Waals surface area (Å²) in [5.74, 6) is 0.439. The van der Waals surface area contributed by atoms with Crippen molar-refractivity contribution in [2.45, 2.75) is 45.2 Å². The van der Waals surface area contributed by atoms with Gasteiger partial charge in [0.15, 0.2) is 0 Å². The molecule has 0 spiro atoms. The van der Waals surface area contributed by atoms with Gasteiger partial charge in [0, 0.05) is 36.6 Å². The van der Waals surface area contributed by atoms with Crippen molar-refractivity contribution in [2.75, 3.05) is 52.4 Å². The van der Waals surface area contributed by atoms with Crippen molar-refractivity contribution >= 4 is 17.7 Å². The van der Waals surface area contributed by atoms with E-state index in [-0.39, 0.29) is 18.6 Å². The number of carbonyl (C=O) groups excluding carboxylic acids is 1. The molecule has 2 heterocycles. The zero-order chi connectivity index (χ0) is 32.4. The number of aliphatic hydroxyl groups excluding tert-OH is 1. The molecule has 0 saturated carbocycles. The van der Waals surface area contributed by atoms with Gasteiger partial charge in [0.25, 0.3) is 0 Å². The molecule has 3 aromatic carbocycles. The number of ether oxygens (including phenoxy) is 1. The van der Waals surface area contributed by atoms with Crippen LogP contribution in [0.15, 0.2) is 91.3 Å². The Balaban J connectivity index is 1.36. The van der Waals surface area contributed by atoms with Crippen LogP contribution in [0.5, 0.6) is 5.88 Å². The lowest BCUT2D eigenvalue weighted by Crippen LogP contribution is -2.43. The van der Waals surface area contributed by atoms with Gasteiger partial charge in [-0.3, -0.25) is 9.47 Å². The maximum Gasteiger partial charge on any atom is 0.416 e. The summed E-state index contributed by atoms with van der Waals surface area (Å²) in [6.45, 7) is 10.0. The van der Waals surface area contributed by atoms with Gasteiger partial charge >= 0.3 is 6.09 Å². The number of piperidine rings is 1. The average Bonchev–Trinajstić information content (AvgIpc) is 3.46. The Morgan fingerprint density at radius 1 is 0.870 bits per heavy atom. The fourth-order valence-corrected chi connectivity index (χ4v) is 6.59. The SMILES string of the molecule is CCN(CC)CCN(CCO)C(=O)Oc1c(CN2CCC(c3ccccc3)(c3ccccc3)CC2)ncn1Cc1ccc(Cl)cc1. The summed E-state index contributed by atoms with van der Waals surface area (Å²) in [6, 6.07) is 29.3. The average molecular weight is 644 g/mol. The Bertz CT molecular complexity index is 1460. The number of nitrogens with zero attached hydrogens (tertiary/aromatic N) is 5. The van der Waals surface area contributed by atoms with Crippen LogP contribution in [0.3, 0.4) is 0 Å². The molecule has 46 heavy (non-hydrogen) atoms. The molecule has 1 aromatic heterocycles. The topological polar surface area (TPSA) is 74.1 Å². The highest BCUT2D eigenvalue weighted by Crippen LogP contribution is 2.42. The van der Waals surface area contributed by atoms with Crippen LogP contribution in [0.4, 0.5) is 4.79 Å². The molecule has 1 amide bonds. The molecule has 5 rings (SSSR count). The molecule has 1 aliphatic heterocycles. The van der Waals surface area contributed by atoms with Gasteiger partial charge in [0.05, 0.1) is 19.5 Å². The molecule has 4 aromatic rings. The number of hydrogen-bond acceptors (Lipinski definition) is 6. The molecular weight excluding hydrogens is 598 g/mol. The third kappa shape index (κ3) is 8.17. The largest absolute Gasteiger partial charge is 0.416 e. The molecule has 0 aliphatic carbocycles. The van der Waals surface area contributed by atoms with E-state index in [4.69, 9.17) is 21.3 Å². The molecule has 1 fully saturated rings. The van der Waals surface area contributed by atoms with E-state index < -0.39 is 6.09 Å². The van der Waals surface area contributed by atoms with Crippen LogP contribution in [-0.2, 0) is 18.5 Å². The highest BCUT2D eigenvalue weighted by atomic mass is 35.5. The van der Waals surface area contributed by atoms with Crippen molar-refractivity contribution in [3.63, 3.8) is 0 Å². The van der Waals surface area contributed by atoms with Gasteiger partial charge in [-0.25, -0.2) is 9.78 Å². The van der Waals surface area contributed by atoms with E-state index in [1.165, 1.54) is 11.1 Å². The van der Waals surface area contributed by atoms with Crippen LogP contribution in [0.2, 0.25) is 5.02 Å². The molecule has 0 radical (unpaired) electrons. The maximum absolute atomic E-state index is 13.6. The summed E-state index contributed by atoms with van der Waals surface area (Å²) in [4.78, 5) is 24.6. The number of likely N-dealkylation sites (tertiary alicyclic amines) is 1. The molecule has 244 valence electrons. The van der Waals surface area contributed by atoms with Gasteiger partial charge in [-0.1, -0.05) is 98.2 Å². The van der Waals surface area contributed by atoms with E-state index in [1.54, 1.807) is 11.2 Å². The van der Waals surface area contributed by atoms with E-state index in [0.717, 1.165) is 50.3 Å². The molecular formula is C37H46ClN5O3. The van der Waals surface area contributed by atoms with Crippen LogP contribution in [0.25, 0.3) is 0 Å². The summed E-state index contributed by atoms with van der Waals surface area (Å²) in [7, 11) is 0. The zero-order valence-corrected chi connectivity index (χ0v) is 27.8. The molecule has 8 nitrogen and oxygen atoms in total. The molecule has 0 bridgehead atoms. The second-order valence-corrected chi connectivity index (χ2v) is 12.4. The number of imidazole rings is 1. The van der Waals surface area contributed by atoms with Crippen molar-refractivity contribution < 1.29 is 14.6 Å². The molecule has 1 saturated heterocycles. The van der Waals surface area contributed by atoms with Gasteiger partial charge in [0.1, 0.15) is 5.69 Å². The lowest BCUT2D eigenvalue weighted by atomic mass is 9.68. The fraction of sp³-hybridized carbons (Fsp3) is 0.405. The number of aromatic nitrogens is 2. The monoisotopic (exact) mass is 643 g/mol. The zero-order valence-electron chi connectivity index (χ0n) is 27.0. The first-order valence-corrected chi connectivity index (χ1v) is 16.7. The van der Waals surface area contributed by atoms with Crippen LogP contribution in [0, 0.1) is 0 Å². The van der Waals surface area contributed by atoms with E-state index >= 15 is 0 Å². The third-order valence-electron chi connectivity index (χ3n) is 9.26. The minimum absolute atomic E-state index is 0.0576. The van der Waals surface area contributed by atoms with Crippen molar-refractivity contribution in [3.8, 4) is 5.88 Å². The molecule has 0 atom stereocenters.